The van der Waals surface area contributed by atoms with Crippen LogP contribution in [0.5, 0.6) is 0 Å². The van der Waals surface area contributed by atoms with E-state index in [2.05, 4.69) is 5.32 Å². The van der Waals surface area contributed by atoms with Gasteiger partial charge in [-0.2, -0.15) is 0 Å². The van der Waals surface area contributed by atoms with Crippen LogP contribution >= 0.6 is 0 Å². The second-order valence-electron chi connectivity index (χ2n) is 3.82. The van der Waals surface area contributed by atoms with E-state index < -0.39 is 0 Å². The van der Waals surface area contributed by atoms with Crippen molar-refractivity contribution >= 4 is 0 Å². The fourth-order valence-corrected chi connectivity index (χ4v) is 1.85. The first-order chi connectivity index (χ1) is 5.68. The summed E-state index contributed by atoms with van der Waals surface area (Å²) in [5, 5.41) is 14.2. The van der Waals surface area contributed by atoms with Crippen LogP contribution in [-0.4, -0.2) is 43.4 Å². The van der Waals surface area contributed by atoms with E-state index in [0.717, 1.165) is 32.5 Å². The quantitative estimate of drug-likeness (QED) is 0.384. The lowest BCUT2D eigenvalue weighted by atomic mass is 9.79. The van der Waals surface area contributed by atoms with Gasteiger partial charge in [0.25, 0.3) is 0 Å². The van der Waals surface area contributed by atoms with Crippen molar-refractivity contribution in [3.63, 3.8) is 0 Å². The summed E-state index contributed by atoms with van der Waals surface area (Å²) < 4.78 is 0. The van der Waals surface area contributed by atoms with Crippen LogP contribution in [-0.2, 0) is 0 Å². The van der Waals surface area contributed by atoms with Gasteiger partial charge in [-0.25, -0.2) is 5.01 Å². The number of nitrogens with zero attached hydrogens (tertiary/aromatic N) is 1. The van der Waals surface area contributed by atoms with Gasteiger partial charge < -0.3 is 10.4 Å². The van der Waals surface area contributed by atoms with E-state index in [1.165, 1.54) is 0 Å². The molecule has 0 atom stereocenters. The zero-order chi connectivity index (χ0) is 9.03. The Labute approximate surface area is 73.7 Å². The van der Waals surface area contributed by atoms with E-state index in [1.807, 2.05) is 7.05 Å². The van der Waals surface area contributed by atoms with Gasteiger partial charge in [0, 0.05) is 19.0 Å². The first-order valence-electron chi connectivity index (χ1n) is 4.46. The second-order valence-corrected chi connectivity index (χ2v) is 3.82. The van der Waals surface area contributed by atoms with Gasteiger partial charge in [0.1, 0.15) is 0 Å². The van der Waals surface area contributed by atoms with Crippen molar-refractivity contribution in [2.24, 2.45) is 11.3 Å². The molecule has 0 aromatic carbocycles. The third kappa shape index (κ3) is 2.42. The SMILES string of the molecule is CN(N)CC1(CO)CCNCC1. The number of nitrogens with one attached hydrogen (secondary N) is 1. The molecule has 72 valence electrons. The summed E-state index contributed by atoms with van der Waals surface area (Å²) in [4.78, 5) is 0. The summed E-state index contributed by atoms with van der Waals surface area (Å²) in [6, 6.07) is 0. The average Bonchev–Trinajstić information content (AvgIpc) is 2.05. The summed E-state index contributed by atoms with van der Waals surface area (Å²) >= 11 is 0. The van der Waals surface area contributed by atoms with E-state index >= 15 is 0 Å². The standard InChI is InChI=1S/C8H19N3O/c1-11(9)6-8(7-12)2-4-10-5-3-8/h10,12H,2-7,9H2,1H3. The topological polar surface area (TPSA) is 61.5 Å². The molecule has 1 aliphatic heterocycles. The highest BCUT2D eigenvalue weighted by atomic mass is 16.3. The molecule has 4 heteroatoms. The van der Waals surface area contributed by atoms with Gasteiger partial charge in [0.05, 0.1) is 6.61 Å². The Hall–Kier alpha value is -0.160. The minimum atomic E-state index is 0.0365. The third-order valence-electron chi connectivity index (χ3n) is 2.58. The van der Waals surface area contributed by atoms with Crippen molar-refractivity contribution in [2.75, 3.05) is 33.3 Å². The highest BCUT2D eigenvalue weighted by Gasteiger charge is 2.31. The van der Waals surface area contributed by atoms with Crippen molar-refractivity contribution in [3.8, 4) is 0 Å². The summed E-state index contributed by atoms with van der Waals surface area (Å²) in [6.45, 7) is 3.02. The van der Waals surface area contributed by atoms with Crippen LogP contribution in [0.25, 0.3) is 0 Å². The predicted molar refractivity (Wildman–Crippen MR) is 48.4 cm³/mol. The normalized spacial score (nSPS) is 23.0. The highest BCUT2D eigenvalue weighted by Crippen LogP contribution is 2.27. The molecule has 12 heavy (non-hydrogen) atoms. The molecule has 1 heterocycles. The molecule has 1 saturated heterocycles. The van der Waals surface area contributed by atoms with Gasteiger partial charge in [-0.15, -0.1) is 0 Å². The van der Waals surface area contributed by atoms with Gasteiger partial charge in [-0.3, -0.25) is 5.84 Å². The molecule has 4 nitrogen and oxygen atoms in total. The molecule has 0 amide bonds. The maximum absolute atomic E-state index is 9.28. The Morgan fingerprint density at radius 2 is 2.08 bits per heavy atom. The Bertz CT molecular complexity index is 132. The predicted octanol–water partition coefficient (Wildman–Crippen LogP) is -0.846. The van der Waals surface area contributed by atoms with E-state index in [4.69, 9.17) is 5.84 Å². The summed E-state index contributed by atoms with van der Waals surface area (Å²) in [5.74, 6) is 5.59. The molecule has 0 saturated carbocycles. The molecular formula is C8H19N3O. The fraction of sp³-hybridized carbons (Fsp3) is 1.00. The van der Waals surface area contributed by atoms with Crippen molar-refractivity contribution in [2.45, 2.75) is 12.8 Å². The van der Waals surface area contributed by atoms with Crippen molar-refractivity contribution in [3.05, 3.63) is 0 Å². The first-order valence-corrected chi connectivity index (χ1v) is 4.46. The van der Waals surface area contributed by atoms with Crippen LogP contribution in [0.1, 0.15) is 12.8 Å². The van der Waals surface area contributed by atoms with Crippen molar-refractivity contribution < 1.29 is 5.11 Å². The average molecular weight is 173 g/mol. The lowest BCUT2D eigenvalue weighted by molar-refractivity contribution is 0.0545. The fourth-order valence-electron chi connectivity index (χ4n) is 1.85. The molecule has 1 rings (SSSR count). The van der Waals surface area contributed by atoms with Crippen LogP contribution in [0.2, 0.25) is 0 Å². The van der Waals surface area contributed by atoms with E-state index in [9.17, 15) is 5.11 Å². The van der Waals surface area contributed by atoms with E-state index in [-0.39, 0.29) is 12.0 Å². The van der Waals surface area contributed by atoms with Gasteiger partial charge in [0.15, 0.2) is 0 Å². The molecule has 0 aliphatic carbocycles. The maximum atomic E-state index is 9.28. The molecule has 1 aliphatic rings. The summed E-state index contributed by atoms with van der Waals surface area (Å²) in [5.41, 5.74) is 0.0365. The Morgan fingerprint density at radius 3 is 2.50 bits per heavy atom. The number of piperidine rings is 1. The van der Waals surface area contributed by atoms with E-state index in [0.29, 0.717) is 0 Å². The van der Waals surface area contributed by atoms with Crippen LogP contribution in [0.4, 0.5) is 0 Å². The van der Waals surface area contributed by atoms with Crippen LogP contribution < -0.4 is 11.2 Å². The Balaban J connectivity index is 2.48. The summed E-state index contributed by atoms with van der Waals surface area (Å²) in [7, 11) is 1.85. The zero-order valence-electron chi connectivity index (χ0n) is 7.71. The van der Waals surface area contributed by atoms with Gasteiger partial charge in [-0.1, -0.05) is 0 Å². The first kappa shape index (κ1) is 9.92. The Morgan fingerprint density at radius 1 is 1.50 bits per heavy atom. The van der Waals surface area contributed by atoms with Gasteiger partial charge >= 0.3 is 0 Å². The molecule has 0 aromatic rings. The molecule has 0 aromatic heterocycles. The third-order valence-corrected chi connectivity index (χ3v) is 2.58. The van der Waals surface area contributed by atoms with Gasteiger partial charge in [0.2, 0.25) is 0 Å². The smallest absolute Gasteiger partial charge is 0.0501 e. The second kappa shape index (κ2) is 4.18. The molecule has 0 spiro atoms. The van der Waals surface area contributed by atoms with E-state index in [1.54, 1.807) is 5.01 Å². The zero-order valence-corrected chi connectivity index (χ0v) is 7.71. The number of aliphatic hydroxyl groups excluding tert-OH is 1. The molecule has 0 radical (unpaired) electrons. The minimum absolute atomic E-state index is 0.0365. The largest absolute Gasteiger partial charge is 0.396 e. The van der Waals surface area contributed by atoms with Crippen LogP contribution in [0, 0.1) is 5.41 Å². The van der Waals surface area contributed by atoms with Crippen LogP contribution in [0.3, 0.4) is 0 Å². The lowest BCUT2D eigenvalue weighted by Gasteiger charge is -2.37. The number of hydrogen-bond acceptors (Lipinski definition) is 4. The van der Waals surface area contributed by atoms with Crippen molar-refractivity contribution in [1.29, 1.82) is 0 Å². The molecule has 0 bridgehead atoms. The van der Waals surface area contributed by atoms with Crippen molar-refractivity contribution in [1.82, 2.24) is 10.3 Å². The molecule has 4 N–H and O–H groups in total. The van der Waals surface area contributed by atoms with Gasteiger partial charge in [-0.05, 0) is 25.9 Å². The molecule has 1 fully saturated rings. The number of hydrazine groups is 1. The molecular weight excluding hydrogens is 154 g/mol. The number of nitrogens with two attached hydrogens (primary N) is 1. The number of rotatable bonds is 3. The maximum Gasteiger partial charge on any atom is 0.0501 e. The van der Waals surface area contributed by atoms with Crippen LogP contribution in [0.15, 0.2) is 0 Å². The number of aliphatic hydroxyl groups is 1. The summed E-state index contributed by atoms with van der Waals surface area (Å²) in [6.07, 6.45) is 2.04. The molecule has 0 unspecified atom stereocenters. The minimum Gasteiger partial charge on any atom is -0.396 e. The number of hydrogen-bond donors (Lipinski definition) is 3. The monoisotopic (exact) mass is 173 g/mol. The lowest BCUT2D eigenvalue weighted by Crippen LogP contribution is -2.47. The Kier molecular flexibility index (Phi) is 3.46. The highest BCUT2D eigenvalue weighted by molar-refractivity contribution is 4.85.